The fourth-order valence-electron chi connectivity index (χ4n) is 1.59. The molecule has 0 heterocycles. The molecule has 0 rings (SSSR count). The SMILES string of the molecule is C=CCOCCOCCOCCOCCOCCC(=O)OC(C)(C)C. The van der Waals surface area contributed by atoms with Gasteiger partial charge in [-0.25, -0.2) is 0 Å². The van der Waals surface area contributed by atoms with E-state index in [1.807, 2.05) is 20.8 Å². The molecule has 0 atom stereocenters. The van der Waals surface area contributed by atoms with Crippen LogP contribution in [0.1, 0.15) is 27.2 Å². The Hall–Kier alpha value is -0.990. The Labute approximate surface area is 151 Å². The van der Waals surface area contributed by atoms with Crippen molar-refractivity contribution in [3.8, 4) is 0 Å². The van der Waals surface area contributed by atoms with Gasteiger partial charge < -0.3 is 28.4 Å². The molecule has 7 nitrogen and oxygen atoms in total. The molecule has 0 aliphatic rings. The molecule has 0 saturated carbocycles. The first-order valence-corrected chi connectivity index (χ1v) is 8.67. The van der Waals surface area contributed by atoms with Gasteiger partial charge in [0, 0.05) is 0 Å². The van der Waals surface area contributed by atoms with Crippen LogP contribution in [0.25, 0.3) is 0 Å². The lowest BCUT2D eigenvalue weighted by Crippen LogP contribution is -2.24. The normalized spacial score (nSPS) is 11.5. The third-order valence-electron chi connectivity index (χ3n) is 2.59. The highest BCUT2D eigenvalue weighted by molar-refractivity contribution is 5.69. The third kappa shape index (κ3) is 21.0. The zero-order valence-electron chi connectivity index (χ0n) is 15.9. The summed E-state index contributed by atoms with van der Waals surface area (Å²) in [6.45, 7) is 14.0. The van der Waals surface area contributed by atoms with Crippen LogP contribution >= 0.6 is 0 Å². The van der Waals surface area contributed by atoms with Crippen molar-refractivity contribution in [3.05, 3.63) is 12.7 Å². The lowest BCUT2D eigenvalue weighted by Gasteiger charge is -2.19. The van der Waals surface area contributed by atoms with Gasteiger partial charge >= 0.3 is 5.97 Å². The van der Waals surface area contributed by atoms with E-state index in [2.05, 4.69) is 6.58 Å². The van der Waals surface area contributed by atoms with Crippen molar-refractivity contribution in [2.24, 2.45) is 0 Å². The van der Waals surface area contributed by atoms with Crippen molar-refractivity contribution in [2.45, 2.75) is 32.8 Å². The van der Waals surface area contributed by atoms with Crippen molar-refractivity contribution < 1.29 is 33.2 Å². The Morgan fingerprint density at radius 2 is 1.16 bits per heavy atom. The van der Waals surface area contributed by atoms with Crippen LogP contribution in [0.4, 0.5) is 0 Å². The molecule has 0 aliphatic heterocycles. The van der Waals surface area contributed by atoms with Crippen LogP contribution in [0.2, 0.25) is 0 Å². The first-order chi connectivity index (χ1) is 12.0. The van der Waals surface area contributed by atoms with Gasteiger partial charge in [-0.05, 0) is 20.8 Å². The summed E-state index contributed by atoms with van der Waals surface area (Å²) in [4.78, 5) is 11.4. The standard InChI is InChI=1S/C18H34O7/c1-5-7-20-9-11-22-13-15-24-16-14-23-12-10-21-8-6-17(19)25-18(2,3)4/h5H,1,6-16H2,2-4H3. The van der Waals surface area contributed by atoms with E-state index in [0.717, 1.165) is 0 Å². The van der Waals surface area contributed by atoms with Crippen LogP contribution < -0.4 is 0 Å². The second-order valence-corrected chi connectivity index (χ2v) is 6.15. The van der Waals surface area contributed by atoms with Crippen LogP contribution in [0.5, 0.6) is 0 Å². The maximum Gasteiger partial charge on any atom is 0.308 e. The smallest absolute Gasteiger partial charge is 0.308 e. The largest absolute Gasteiger partial charge is 0.460 e. The third-order valence-corrected chi connectivity index (χ3v) is 2.59. The van der Waals surface area contributed by atoms with Gasteiger partial charge in [0.25, 0.3) is 0 Å². The topological polar surface area (TPSA) is 72.5 Å². The van der Waals surface area contributed by atoms with E-state index >= 15 is 0 Å². The second-order valence-electron chi connectivity index (χ2n) is 6.15. The number of hydrogen-bond donors (Lipinski definition) is 0. The molecule has 0 aliphatic carbocycles. The highest BCUT2D eigenvalue weighted by Crippen LogP contribution is 2.07. The maximum atomic E-state index is 11.4. The summed E-state index contributed by atoms with van der Waals surface area (Å²) < 4.78 is 31.7. The van der Waals surface area contributed by atoms with Crippen LogP contribution in [-0.2, 0) is 33.2 Å². The molecule has 7 heteroatoms. The Morgan fingerprint density at radius 1 is 0.760 bits per heavy atom. The van der Waals surface area contributed by atoms with Gasteiger partial charge in [-0.3, -0.25) is 4.79 Å². The highest BCUT2D eigenvalue weighted by Gasteiger charge is 2.15. The number of carbonyl (C=O) groups excluding carboxylic acids is 1. The van der Waals surface area contributed by atoms with E-state index in [1.54, 1.807) is 6.08 Å². The number of ether oxygens (including phenoxy) is 6. The molecule has 0 radical (unpaired) electrons. The van der Waals surface area contributed by atoms with Gasteiger partial charge in [-0.1, -0.05) is 6.08 Å². The van der Waals surface area contributed by atoms with E-state index in [1.165, 1.54) is 0 Å². The predicted molar refractivity (Wildman–Crippen MR) is 94.8 cm³/mol. The fraction of sp³-hybridized carbons (Fsp3) is 0.833. The van der Waals surface area contributed by atoms with E-state index in [-0.39, 0.29) is 12.4 Å². The Balaban J connectivity index is 3.14. The Bertz CT molecular complexity index is 326. The quantitative estimate of drug-likeness (QED) is 0.223. The monoisotopic (exact) mass is 362 g/mol. The maximum absolute atomic E-state index is 11.4. The van der Waals surface area contributed by atoms with Crippen LogP contribution in [-0.4, -0.2) is 77.6 Å². The van der Waals surface area contributed by atoms with Gasteiger partial charge in [0.15, 0.2) is 0 Å². The van der Waals surface area contributed by atoms with Crippen LogP contribution in [0, 0.1) is 0 Å². The van der Waals surface area contributed by atoms with Crippen molar-refractivity contribution in [1.29, 1.82) is 0 Å². The zero-order chi connectivity index (χ0) is 18.8. The summed E-state index contributed by atoms with van der Waals surface area (Å²) >= 11 is 0. The second kappa shape index (κ2) is 16.5. The lowest BCUT2D eigenvalue weighted by atomic mass is 10.2. The minimum absolute atomic E-state index is 0.249. The van der Waals surface area contributed by atoms with Crippen LogP contribution in [0.15, 0.2) is 12.7 Å². The molecule has 0 saturated heterocycles. The number of hydrogen-bond acceptors (Lipinski definition) is 7. The number of carbonyl (C=O) groups is 1. The molecular weight excluding hydrogens is 328 g/mol. The minimum Gasteiger partial charge on any atom is -0.460 e. The molecule has 0 aromatic heterocycles. The molecule has 0 fully saturated rings. The molecule has 0 aromatic rings. The van der Waals surface area contributed by atoms with Crippen molar-refractivity contribution in [3.63, 3.8) is 0 Å². The molecule has 148 valence electrons. The van der Waals surface area contributed by atoms with E-state index in [4.69, 9.17) is 28.4 Å². The fourth-order valence-corrected chi connectivity index (χ4v) is 1.59. The van der Waals surface area contributed by atoms with Crippen molar-refractivity contribution in [1.82, 2.24) is 0 Å². The summed E-state index contributed by atoms with van der Waals surface area (Å²) in [6.07, 6.45) is 1.95. The van der Waals surface area contributed by atoms with Gasteiger partial charge in [0.05, 0.1) is 72.5 Å². The summed E-state index contributed by atoms with van der Waals surface area (Å²) in [6, 6.07) is 0. The molecule has 0 N–H and O–H groups in total. The summed E-state index contributed by atoms with van der Waals surface area (Å²) in [5.41, 5.74) is -0.454. The molecule has 25 heavy (non-hydrogen) atoms. The first kappa shape index (κ1) is 24.0. The zero-order valence-corrected chi connectivity index (χ0v) is 15.9. The summed E-state index contributed by atoms with van der Waals surface area (Å²) in [7, 11) is 0. The van der Waals surface area contributed by atoms with E-state index < -0.39 is 5.60 Å². The van der Waals surface area contributed by atoms with E-state index in [9.17, 15) is 4.79 Å². The molecular formula is C18H34O7. The average Bonchev–Trinajstić information content (AvgIpc) is 2.53. The number of rotatable bonds is 17. The molecule has 0 bridgehead atoms. The average molecular weight is 362 g/mol. The van der Waals surface area contributed by atoms with Gasteiger partial charge in [-0.2, -0.15) is 0 Å². The molecule has 0 unspecified atom stereocenters. The molecule has 0 aromatic carbocycles. The Morgan fingerprint density at radius 3 is 1.56 bits per heavy atom. The highest BCUT2D eigenvalue weighted by atomic mass is 16.6. The van der Waals surface area contributed by atoms with Crippen LogP contribution in [0.3, 0.4) is 0 Å². The van der Waals surface area contributed by atoms with E-state index in [0.29, 0.717) is 66.1 Å². The summed E-state index contributed by atoms with van der Waals surface area (Å²) in [5.74, 6) is -0.253. The molecule has 0 amide bonds. The van der Waals surface area contributed by atoms with Gasteiger partial charge in [-0.15, -0.1) is 6.58 Å². The van der Waals surface area contributed by atoms with Gasteiger partial charge in [0.1, 0.15) is 5.60 Å². The summed E-state index contributed by atoms with van der Waals surface area (Å²) in [5, 5.41) is 0. The van der Waals surface area contributed by atoms with Gasteiger partial charge in [0.2, 0.25) is 0 Å². The first-order valence-electron chi connectivity index (χ1n) is 8.67. The Kier molecular flexibility index (Phi) is 15.8. The lowest BCUT2D eigenvalue weighted by molar-refractivity contribution is -0.156. The predicted octanol–water partition coefficient (Wildman–Crippen LogP) is 1.99. The minimum atomic E-state index is -0.454. The number of esters is 1. The van der Waals surface area contributed by atoms with Crippen molar-refractivity contribution >= 4 is 5.97 Å². The van der Waals surface area contributed by atoms with Crippen molar-refractivity contribution in [2.75, 3.05) is 66.1 Å². The molecule has 0 spiro atoms.